The third-order valence-corrected chi connectivity index (χ3v) is 6.07. The van der Waals surface area contributed by atoms with Crippen molar-refractivity contribution >= 4 is 23.1 Å². The molecule has 1 heterocycles. The molecule has 4 heteroatoms. The number of rotatable bonds is 2. The Labute approximate surface area is 182 Å². The van der Waals surface area contributed by atoms with Crippen LogP contribution in [0.25, 0.3) is 0 Å². The van der Waals surface area contributed by atoms with Crippen molar-refractivity contribution in [2.75, 3.05) is 10.2 Å². The first-order valence-corrected chi connectivity index (χ1v) is 10.7. The molecule has 1 aliphatic carbocycles. The van der Waals surface area contributed by atoms with E-state index in [0.717, 1.165) is 41.0 Å². The molecule has 0 saturated carbocycles. The number of nitrogens with zero attached hydrogens (tertiary/aromatic N) is 1. The van der Waals surface area contributed by atoms with Crippen molar-refractivity contribution in [2.45, 2.75) is 32.2 Å². The molecule has 31 heavy (non-hydrogen) atoms. The van der Waals surface area contributed by atoms with Crippen molar-refractivity contribution in [3.63, 3.8) is 0 Å². The molecule has 1 N–H and O–H groups in total. The Balaban J connectivity index is 1.77. The summed E-state index contributed by atoms with van der Waals surface area (Å²) in [6.45, 7) is 2.00. The standard InChI is InChI=1S/C27H24N2O2/c1-18-14-16-20(17-15-18)27(31)29-23-12-6-5-10-21(23)28-22-11-7-13-24(30)25(22)26(29)19-8-3-2-4-9-19/h2-6,8-10,12,14-17,26,28H,7,11,13H2,1H3/t26-/m0/s1. The molecule has 0 bridgehead atoms. The second-order valence-electron chi connectivity index (χ2n) is 8.17. The summed E-state index contributed by atoms with van der Waals surface area (Å²) < 4.78 is 0. The van der Waals surface area contributed by atoms with Gasteiger partial charge in [0.2, 0.25) is 0 Å². The summed E-state index contributed by atoms with van der Waals surface area (Å²) in [5.74, 6) is -0.00709. The molecule has 2 aliphatic rings. The number of hydrogen-bond acceptors (Lipinski definition) is 3. The number of ketones is 1. The minimum absolute atomic E-state index is 0.108. The monoisotopic (exact) mass is 408 g/mol. The summed E-state index contributed by atoms with van der Waals surface area (Å²) in [6.07, 6.45) is 2.12. The van der Waals surface area contributed by atoms with Crippen molar-refractivity contribution in [1.29, 1.82) is 0 Å². The topological polar surface area (TPSA) is 49.4 Å². The minimum Gasteiger partial charge on any atom is -0.357 e. The number of fused-ring (bicyclic) bond motifs is 1. The molecule has 4 nitrogen and oxygen atoms in total. The number of aryl methyl sites for hydroxylation is 1. The second kappa shape index (κ2) is 7.88. The van der Waals surface area contributed by atoms with Gasteiger partial charge in [-0.3, -0.25) is 14.5 Å². The Morgan fingerprint density at radius 3 is 2.39 bits per heavy atom. The van der Waals surface area contributed by atoms with Gasteiger partial charge in [0.1, 0.15) is 0 Å². The predicted molar refractivity (Wildman–Crippen MR) is 123 cm³/mol. The molecule has 154 valence electrons. The highest BCUT2D eigenvalue weighted by atomic mass is 16.2. The highest BCUT2D eigenvalue weighted by Crippen LogP contribution is 2.45. The average Bonchev–Trinajstić information content (AvgIpc) is 2.95. The number of carbonyl (C=O) groups is 2. The van der Waals surface area contributed by atoms with E-state index in [4.69, 9.17) is 0 Å². The smallest absolute Gasteiger partial charge is 0.259 e. The van der Waals surface area contributed by atoms with E-state index in [9.17, 15) is 9.59 Å². The lowest BCUT2D eigenvalue weighted by molar-refractivity contribution is -0.116. The van der Waals surface area contributed by atoms with Crippen molar-refractivity contribution < 1.29 is 9.59 Å². The van der Waals surface area contributed by atoms with Gasteiger partial charge in [0.05, 0.1) is 17.4 Å². The van der Waals surface area contributed by atoms with Crippen molar-refractivity contribution in [1.82, 2.24) is 0 Å². The fraction of sp³-hybridized carbons (Fsp3) is 0.185. The van der Waals surface area contributed by atoms with Crippen molar-refractivity contribution in [2.24, 2.45) is 0 Å². The molecular formula is C27H24N2O2. The molecule has 3 aromatic rings. The van der Waals surface area contributed by atoms with Gasteiger partial charge in [0.15, 0.2) is 5.78 Å². The van der Waals surface area contributed by atoms with Crippen LogP contribution in [0, 0.1) is 6.92 Å². The minimum atomic E-state index is -0.478. The van der Waals surface area contributed by atoms with E-state index in [1.807, 2.05) is 85.8 Å². The number of amides is 1. The molecular weight excluding hydrogens is 384 g/mol. The first kappa shape index (κ1) is 19.3. The average molecular weight is 409 g/mol. The highest BCUT2D eigenvalue weighted by Gasteiger charge is 2.39. The highest BCUT2D eigenvalue weighted by molar-refractivity contribution is 6.11. The maximum absolute atomic E-state index is 14.0. The van der Waals surface area contributed by atoms with E-state index >= 15 is 0 Å². The SMILES string of the molecule is Cc1ccc(C(=O)N2c3ccccc3NC3=C(C(=O)CCC3)[C@@H]2c2ccccc2)cc1. The Hall–Kier alpha value is -3.66. The number of allylic oxidation sites excluding steroid dienone is 1. The first-order valence-electron chi connectivity index (χ1n) is 10.7. The van der Waals surface area contributed by atoms with Gasteiger partial charge in [-0.2, -0.15) is 0 Å². The maximum Gasteiger partial charge on any atom is 0.259 e. The van der Waals surface area contributed by atoms with Crippen LogP contribution >= 0.6 is 0 Å². The third kappa shape index (κ3) is 3.44. The van der Waals surface area contributed by atoms with E-state index in [2.05, 4.69) is 5.32 Å². The molecule has 1 amide bonds. The Kier molecular flexibility index (Phi) is 4.91. The Morgan fingerprint density at radius 2 is 1.61 bits per heavy atom. The van der Waals surface area contributed by atoms with Crippen molar-refractivity contribution in [3.05, 3.63) is 107 Å². The number of anilines is 2. The van der Waals surface area contributed by atoms with Gasteiger partial charge < -0.3 is 5.32 Å². The van der Waals surface area contributed by atoms with Gasteiger partial charge in [-0.05, 0) is 49.6 Å². The summed E-state index contributed by atoms with van der Waals surface area (Å²) in [5.41, 5.74) is 5.90. The van der Waals surface area contributed by atoms with Crippen LogP contribution in [0.3, 0.4) is 0 Å². The number of nitrogens with one attached hydrogen (secondary N) is 1. The lowest BCUT2D eigenvalue weighted by atomic mass is 9.85. The van der Waals surface area contributed by atoms with Gasteiger partial charge in [-0.15, -0.1) is 0 Å². The second-order valence-corrected chi connectivity index (χ2v) is 8.17. The quantitative estimate of drug-likeness (QED) is 0.582. The molecule has 0 radical (unpaired) electrons. The molecule has 0 spiro atoms. The lowest BCUT2D eigenvalue weighted by Crippen LogP contribution is -2.38. The van der Waals surface area contributed by atoms with Crippen LogP contribution in [0.15, 0.2) is 90.1 Å². The molecule has 1 atom stereocenters. The molecule has 0 fully saturated rings. The van der Waals surface area contributed by atoms with Crippen LogP contribution in [0.5, 0.6) is 0 Å². The van der Waals surface area contributed by atoms with Crippen LogP contribution in [-0.4, -0.2) is 11.7 Å². The first-order chi connectivity index (χ1) is 15.1. The van der Waals surface area contributed by atoms with E-state index in [-0.39, 0.29) is 11.7 Å². The lowest BCUT2D eigenvalue weighted by Gasteiger charge is -2.34. The number of hydrogen-bond donors (Lipinski definition) is 1. The van der Waals surface area contributed by atoms with Gasteiger partial charge in [0.25, 0.3) is 5.91 Å². The summed E-state index contributed by atoms with van der Waals surface area (Å²) in [7, 11) is 0. The van der Waals surface area contributed by atoms with Crippen molar-refractivity contribution in [3.8, 4) is 0 Å². The number of benzene rings is 3. The molecule has 3 aromatic carbocycles. The van der Waals surface area contributed by atoms with Crippen LogP contribution in [0.4, 0.5) is 11.4 Å². The van der Waals surface area contributed by atoms with Gasteiger partial charge in [0, 0.05) is 23.3 Å². The van der Waals surface area contributed by atoms with E-state index in [0.29, 0.717) is 17.6 Å². The molecule has 0 saturated heterocycles. The number of carbonyl (C=O) groups excluding carboxylic acids is 2. The molecule has 0 unspecified atom stereocenters. The fourth-order valence-corrected chi connectivity index (χ4v) is 4.54. The fourth-order valence-electron chi connectivity index (χ4n) is 4.54. The summed E-state index contributed by atoms with van der Waals surface area (Å²) in [6, 6.07) is 24.8. The van der Waals surface area contributed by atoms with E-state index < -0.39 is 6.04 Å². The zero-order valence-corrected chi connectivity index (χ0v) is 17.5. The molecule has 0 aromatic heterocycles. The largest absolute Gasteiger partial charge is 0.357 e. The summed E-state index contributed by atoms with van der Waals surface area (Å²) in [4.78, 5) is 29.0. The zero-order chi connectivity index (χ0) is 21.4. The predicted octanol–water partition coefficient (Wildman–Crippen LogP) is 5.82. The van der Waals surface area contributed by atoms with Crippen LogP contribution in [0.1, 0.15) is 46.8 Å². The third-order valence-electron chi connectivity index (χ3n) is 6.07. The number of Topliss-reactive ketones (excluding diaryl/α,β-unsaturated/α-hetero) is 1. The molecule has 5 rings (SSSR count). The Morgan fingerprint density at radius 1 is 0.903 bits per heavy atom. The number of para-hydroxylation sites is 2. The van der Waals surface area contributed by atoms with Gasteiger partial charge >= 0.3 is 0 Å². The normalized spacial score (nSPS) is 18.0. The Bertz CT molecular complexity index is 1180. The van der Waals surface area contributed by atoms with Crippen LogP contribution in [-0.2, 0) is 4.79 Å². The van der Waals surface area contributed by atoms with Gasteiger partial charge in [-0.1, -0.05) is 60.2 Å². The van der Waals surface area contributed by atoms with E-state index in [1.54, 1.807) is 4.90 Å². The summed E-state index contributed by atoms with van der Waals surface area (Å²) >= 11 is 0. The zero-order valence-electron chi connectivity index (χ0n) is 17.5. The van der Waals surface area contributed by atoms with Crippen LogP contribution in [0.2, 0.25) is 0 Å². The molecule has 1 aliphatic heterocycles. The maximum atomic E-state index is 14.0. The summed E-state index contributed by atoms with van der Waals surface area (Å²) in [5, 5.41) is 3.50. The van der Waals surface area contributed by atoms with Crippen LogP contribution < -0.4 is 10.2 Å². The van der Waals surface area contributed by atoms with E-state index in [1.165, 1.54) is 0 Å². The van der Waals surface area contributed by atoms with Gasteiger partial charge in [-0.25, -0.2) is 0 Å².